The van der Waals surface area contributed by atoms with Gasteiger partial charge >= 0.3 is 0 Å². The monoisotopic (exact) mass is 587 g/mol. The number of carbonyl (C=O) groups is 1. The fourth-order valence-electron chi connectivity index (χ4n) is 3.96. The second kappa shape index (κ2) is 12.2. The lowest BCUT2D eigenvalue weighted by Gasteiger charge is -2.20. The lowest BCUT2D eigenvalue weighted by Crippen LogP contribution is -2.30. The Balaban J connectivity index is 1.31. The first kappa shape index (κ1) is 28.4. The minimum Gasteiger partial charge on any atom is -0.476 e. The standard InChI is InChI=1S/C27H33N5O6S2/c1-17(2)32(3)13-15-37-23-11-10-22-26(29-23)39-27(28-22)30-25(33)24(31-38-19-12-14-36-16-19)18-4-6-20(7-5-18)40(34,35)21-8-9-21/h4-7,10-11,17,19,21H,8-9,12-16H2,1-3H3,(H,28,30,33)/t19-/m1/s1. The van der Waals surface area contributed by atoms with Crippen LogP contribution in [0.3, 0.4) is 0 Å². The van der Waals surface area contributed by atoms with E-state index in [1.807, 2.05) is 7.05 Å². The number of hydrogen-bond donors (Lipinski definition) is 1. The number of hydrogen-bond acceptors (Lipinski definition) is 11. The van der Waals surface area contributed by atoms with Gasteiger partial charge in [0.1, 0.15) is 17.0 Å². The Morgan fingerprint density at radius 3 is 2.62 bits per heavy atom. The van der Waals surface area contributed by atoms with E-state index in [0.29, 0.717) is 72.0 Å². The topological polar surface area (TPSA) is 132 Å². The van der Waals surface area contributed by atoms with Crippen molar-refractivity contribution in [2.75, 3.05) is 38.7 Å². The Morgan fingerprint density at radius 2 is 1.95 bits per heavy atom. The predicted octanol–water partition coefficient (Wildman–Crippen LogP) is 3.49. The highest BCUT2D eigenvalue weighted by molar-refractivity contribution is 7.92. The molecule has 214 valence electrons. The summed E-state index contributed by atoms with van der Waals surface area (Å²) in [5.74, 6) is -0.0502. The van der Waals surface area contributed by atoms with Gasteiger partial charge in [0.05, 0.1) is 23.4 Å². The minimum atomic E-state index is -3.35. The van der Waals surface area contributed by atoms with Gasteiger partial charge in [-0.05, 0) is 51.9 Å². The molecule has 0 spiro atoms. The van der Waals surface area contributed by atoms with Crippen LogP contribution in [0.25, 0.3) is 10.3 Å². The van der Waals surface area contributed by atoms with Crippen molar-refractivity contribution in [1.82, 2.24) is 14.9 Å². The van der Waals surface area contributed by atoms with Crippen LogP contribution in [0.5, 0.6) is 5.88 Å². The summed E-state index contributed by atoms with van der Waals surface area (Å²) in [4.78, 5) is 31.0. The molecular weight excluding hydrogens is 554 g/mol. The zero-order valence-corrected chi connectivity index (χ0v) is 24.3. The van der Waals surface area contributed by atoms with Crippen molar-refractivity contribution in [3.63, 3.8) is 0 Å². The summed E-state index contributed by atoms with van der Waals surface area (Å²) in [6, 6.07) is 10.1. The number of oxime groups is 1. The molecule has 2 aromatic heterocycles. The number of likely N-dealkylation sites (N-methyl/N-ethyl adjacent to an activating group) is 1. The number of aromatic nitrogens is 2. The van der Waals surface area contributed by atoms with E-state index in [4.69, 9.17) is 14.3 Å². The Morgan fingerprint density at radius 1 is 1.18 bits per heavy atom. The fraction of sp³-hybridized carbons (Fsp3) is 0.481. The third-order valence-corrected chi connectivity index (χ3v) is 10.0. The number of carbonyl (C=O) groups excluding carboxylic acids is 1. The van der Waals surface area contributed by atoms with Crippen molar-refractivity contribution >= 4 is 48.3 Å². The first-order chi connectivity index (χ1) is 19.2. The first-order valence-electron chi connectivity index (χ1n) is 13.3. The van der Waals surface area contributed by atoms with Crippen molar-refractivity contribution < 1.29 is 27.5 Å². The van der Waals surface area contributed by atoms with Crippen molar-refractivity contribution in [3.8, 4) is 5.88 Å². The van der Waals surface area contributed by atoms with Crippen LogP contribution in [0, 0.1) is 0 Å². The molecule has 1 saturated carbocycles. The molecule has 11 nitrogen and oxygen atoms in total. The molecule has 2 fully saturated rings. The van der Waals surface area contributed by atoms with E-state index in [2.05, 4.69) is 39.2 Å². The number of amides is 1. The molecule has 13 heteroatoms. The number of ether oxygens (including phenoxy) is 2. The summed E-state index contributed by atoms with van der Waals surface area (Å²) in [5.41, 5.74) is 1.06. The van der Waals surface area contributed by atoms with E-state index >= 15 is 0 Å². The van der Waals surface area contributed by atoms with Crippen LogP contribution in [0.1, 0.15) is 38.7 Å². The molecule has 1 saturated heterocycles. The number of nitrogens with zero attached hydrogens (tertiary/aromatic N) is 4. The van der Waals surface area contributed by atoms with Gasteiger partial charge in [0.2, 0.25) is 5.88 Å². The Hall–Kier alpha value is -3.13. The highest BCUT2D eigenvalue weighted by Gasteiger charge is 2.36. The van der Waals surface area contributed by atoms with E-state index in [0.717, 1.165) is 6.54 Å². The van der Waals surface area contributed by atoms with Crippen molar-refractivity contribution in [2.45, 2.75) is 55.4 Å². The number of sulfone groups is 1. The van der Waals surface area contributed by atoms with E-state index in [1.165, 1.54) is 23.5 Å². The van der Waals surface area contributed by atoms with Crippen molar-refractivity contribution in [3.05, 3.63) is 42.0 Å². The van der Waals surface area contributed by atoms with Gasteiger partial charge in [-0.3, -0.25) is 10.1 Å². The first-order valence-corrected chi connectivity index (χ1v) is 15.6. The molecule has 1 aliphatic heterocycles. The summed E-state index contributed by atoms with van der Waals surface area (Å²) >= 11 is 1.22. The van der Waals surface area contributed by atoms with Crippen LogP contribution in [0.15, 0.2) is 46.4 Å². The van der Waals surface area contributed by atoms with Gasteiger partial charge in [0.25, 0.3) is 5.91 Å². The molecule has 1 aromatic carbocycles. The Labute approximate surface area is 237 Å². The fourth-order valence-corrected chi connectivity index (χ4v) is 6.45. The Bertz CT molecular complexity index is 1480. The highest BCUT2D eigenvalue weighted by Crippen LogP contribution is 2.33. The molecule has 3 aromatic rings. The molecule has 0 unspecified atom stereocenters. The van der Waals surface area contributed by atoms with Crippen LogP contribution in [0.2, 0.25) is 0 Å². The molecule has 0 bridgehead atoms. The largest absolute Gasteiger partial charge is 0.476 e. The minimum absolute atomic E-state index is 0.00720. The lowest BCUT2D eigenvalue weighted by molar-refractivity contribution is -0.110. The number of thiazole rings is 1. The zero-order valence-electron chi connectivity index (χ0n) is 22.7. The molecule has 0 radical (unpaired) electrons. The maximum atomic E-state index is 13.4. The van der Waals surface area contributed by atoms with Gasteiger partial charge in [-0.2, -0.15) is 0 Å². The number of rotatable bonds is 12. The summed E-state index contributed by atoms with van der Waals surface area (Å²) in [7, 11) is -1.31. The molecule has 1 atom stereocenters. The van der Waals surface area contributed by atoms with Gasteiger partial charge in [-0.15, -0.1) is 0 Å². The molecule has 2 aliphatic rings. The summed E-state index contributed by atoms with van der Waals surface area (Å²) in [6.45, 7) is 6.47. The average Bonchev–Trinajstić information content (AvgIpc) is 3.54. The quantitative estimate of drug-likeness (QED) is 0.250. The van der Waals surface area contributed by atoms with E-state index in [1.54, 1.807) is 24.3 Å². The number of pyridine rings is 1. The highest BCUT2D eigenvalue weighted by atomic mass is 32.2. The second-order valence-corrected chi connectivity index (χ2v) is 13.4. The molecule has 1 aliphatic carbocycles. The van der Waals surface area contributed by atoms with Gasteiger partial charge in [-0.1, -0.05) is 28.6 Å². The predicted molar refractivity (Wildman–Crippen MR) is 153 cm³/mol. The molecule has 1 amide bonds. The van der Waals surface area contributed by atoms with Gasteiger partial charge in [0.15, 0.2) is 26.8 Å². The number of nitrogens with one attached hydrogen (secondary N) is 1. The number of fused-ring (bicyclic) bond motifs is 1. The molecule has 5 rings (SSSR count). The number of anilines is 1. The van der Waals surface area contributed by atoms with E-state index in [-0.39, 0.29) is 22.0 Å². The van der Waals surface area contributed by atoms with Crippen LogP contribution >= 0.6 is 11.3 Å². The van der Waals surface area contributed by atoms with Crippen LogP contribution in [-0.4, -0.2) is 85.7 Å². The maximum Gasteiger partial charge on any atom is 0.280 e. The molecular formula is C27H33N5O6S2. The molecule has 3 heterocycles. The van der Waals surface area contributed by atoms with E-state index < -0.39 is 15.7 Å². The Kier molecular flexibility index (Phi) is 8.64. The average molecular weight is 588 g/mol. The van der Waals surface area contributed by atoms with E-state index in [9.17, 15) is 13.2 Å². The lowest BCUT2D eigenvalue weighted by atomic mass is 10.1. The third-order valence-electron chi connectivity index (χ3n) is 6.84. The van der Waals surface area contributed by atoms with Crippen LogP contribution in [-0.2, 0) is 24.2 Å². The smallest absolute Gasteiger partial charge is 0.280 e. The van der Waals surface area contributed by atoms with Crippen LogP contribution in [0.4, 0.5) is 5.13 Å². The molecule has 1 N–H and O–H groups in total. The van der Waals surface area contributed by atoms with Gasteiger partial charge < -0.3 is 19.2 Å². The second-order valence-electron chi connectivity index (χ2n) is 10.2. The normalized spacial score (nSPS) is 18.0. The SMILES string of the molecule is CC(C)N(C)CCOc1ccc2nc(NC(=O)C(=NO[C@@H]3CCOC3)c3ccc(S(=O)(=O)C4CC4)cc3)sc2n1. The number of benzene rings is 1. The van der Waals surface area contributed by atoms with Gasteiger partial charge in [-0.25, -0.2) is 18.4 Å². The maximum absolute atomic E-state index is 13.4. The summed E-state index contributed by atoms with van der Waals surface area (Å²) in [5, 5.41) is 6.96. The summed E-state index contributed by atoms with van der Waals surface area (Å²) in [6.07, 6.45) is 1.76. The molecule has 40 heavy (non-hydrogen) atoms. The van der Waals surface area contributed by atoms with Crippen LogP contribution < -0.4 is 10.1 Å². The van der Waals surface area contributed by atoms with Crippen molar-refractivity contribution in [2.24, 2.45) is 5.16 Å². The van der Waals surface area contributed by atoms with Crippen molar-refractivity contribution in [1.29, 1.82) is 0 Å². The third kappa shape index (κ3) is 6.77. The summed E-state index contributed by atoms with van der Waals surface area (Å²) < 4.78 is 36.3. The van der Waals surface area contributed by atoms with Gasteiger partial charge in [0, 0.05) is 30.6 Å². The zero-order chi connectivity index (χ0) is 28.3.